The fourth-order valence-electron chi connectivity index (χ4n) is 2.16. The largest absolute Gasteiger partial charge is 0.486 e. The monoisotopic (exact) mass is 331 g/mol. The number of benzene rings is 1. The van der Waals surface area contributed by atoms with Crippen LogP contribution in [0.4, 0.5) is 0 Å². The van der Waals surface area contributed by atoms with E-state index in [1.54, 1.807) is 12.1 Å². The van der Waals surface area contributed by atoms with E-state index >= 15 is 0 Å². The highest BCUT2D eigenvalue weighted by Gasteiger charge is 2.11. The second-order valence-corrected chi connectivity index (χ2v) is 5.36. The maximum Gasteiger partial charge on any atom is 0.286 e. The summed E-state index contributed by atoms with van der Waals surface area (Å²) in [6.07, 6.45) is 1.78. The normalized spacial score (nSPS) is 10.6. The fourth-order valence-corrected chi connectivity index (χ4v) is 2.16. The molecule has 1 heterocycles. The van der Waals surface area contributed by atoms with E-state index in [-0.39, 0.29) is 5.91 Å². The number of nitrogens with one attached hydrogen (secondary N) is 1. The molecule has 2 rings (SSSR count). The molecule has 0 atom stereocenters. The van der Waals surface area contributed by atoms with E-state index in [0.717, 1.165) is 18.6 Å². The summed E-state index contributed by atoms with van der Waals surface area (Å²) in [6, 6.07) is 11.4. The van der Waals surface area contributed by atoms with Crippen molar-refractivity contribution in [3.63, 3.8) is 0 Å². The minimum Gasteiger partial charge on any atom is -0.486 e. The quantitative estimate of drug-likeness (QED) is 0.676. The highest BCUT2D eigenvalue weighted by atomic mass is 16.5. The molecule has 130 valence electrons. The Labute approximate surface area is 143 Å². The zero-order chi connectivity index (χ0) is 17.2. The van der Waals surface area contributed by atoms with Crippen molar-refractivity contribution in [3.05, 3.63) is 53.5 Å². The number of ether oxygens (including phenoxy) is 2. The van der Waals surface area contributed by atoms with Crippen molar-refractivity contribution in [2.75, 3.05) is 19.8 Å². The molecule has 2 aromatic rings. The smallest absolute Gasteiger partial charge is 0.286 e. The molecule has 0 saturated carbocycles. The average molecular weight is 331 g/mol. The zero-order valence-corrected chi connectivity index (χ0v) is 14.3. The molecule has 0 saturated heterocycles. The first-order chi connectivity index (χ1) is 11.7. The van der Waals surface area contributed by atoms with Crippen molar-refractivity contribution in [2.45, 2.75) is 33.3 Å². The summed E-state index contributed by atoms with van der Waals surface area (Å²) in [5.41, 5.74) is 1.27. The number of aryl methyl sites for hydroxylation is 1. The number of carbonyl (C=O) groups excluding carboxylic acids is 1. The highest BCUT2D eigenvalue weighted by molar-refractivity contribution is 5.91. The van der Waals surface area contributed by atoms with Gasteiger partial charge in [-0.15, -0.1) is 0 Å². The molecule has 0 unspecified atom stereocenters. The van der Waals surface area contributed by atoms with Gasteiger partial charge in [-0.3, -0.25) is 4.79 Å². The van der Waals surface area contributed by atoms with Gasteiger partial charge in [0.1, 0.15) is 18.1 Å². The third-order valence-corrected chi connectivity index (χ3v) is 3.55. The minimum absolute atomic E-state index is 0.218. The van der Waals surface area contributed by atoms with Crippen LogP contribution in [0.2, 0.25) is 0 Å². The van der Waals surface area contributed by atoms with Crippen LogP contribution >= 0.6 is 0 Å². The van der Waals surface area contributed by atoms with Crippen LogP contribution in [0.25, 0.3) is 0 Å². The van der Waals surface area contributed by atoms with Crippen LogP contribution < -0.4 is 10.1 Å². The molecule has 5 nitrogen and oxygen atoms in total. The first-order valence-electron chi connectivity index (χ1n) is 8.39. The minimum atomic E-state index is -0.218. The number of hydrogen-bond acceptors (Lipinski definition) is 4. The van der Waals surface area contributed by atoms with Gasteiger partial charge >= 0.3 is 0 Å². The van der Waals surface area contributed by atoms with Crippen molar-refractivity contribution in [1.29, 1.82) is 0 Å². The maximum atomic E-state index is 11.9. The van der Waals surface area contributed by atoms with Crippen LogP contribution in [0.1, 0.15) is 42.1 Å². The van der Waals surface area contributed by atoms with Crippen LogP contribution in [-0.4, -0.2) is 25.7 Å². The summed E-state index contributed by atoms with van der Waals surface area (Å²) in [6.45, 7) is 6.26. The van der Waals surface area contributed by atoms with Gasteiger partial charge in [-0.25, -0.2) is 0 Å². The number of amides is 1. The average Bonchev–Trinajstić information content (AvgIpc) is 3.09. The van der Waals surface area contributed by atoms with Gasteiger partial charge in [0.25, 0.3) is 5.91 Å². The number of hydrogen-bond donors (Lipinski definition) is 1. The first kappa shape index (κ1) is 18.1. The highest BCUT2D eigenvalue weighted by Crippen LogP contribution is 2.16. The Kier molecular flexibility index (Phi) is 7.36. The van der Waals surface area contributed by atoms with E-state index in [2.05, 4.69) is 12.2 Å². The summed E-state index contributed by atoms with van der Waals surface area (Å²) < 4.78 is 16.4. The van der Waals surface area contributed by atoms with Gasteiger partial charge in [-0.2, -0.15) is 0 Å². The van der Waals surface area contributed by atoms with E-state index in [0.29, 0.717) is 37.9 Å². The molecule has 0 aliphatic carbocycles. The van der Waals surface area contributed by atoms with E-state index in [1.807, 2.05) is 31.2 Å². The molecular weight excluding hydrogens is 306 g/mol. The van der Waals surface area contributed by atoms with Gasteiger partial charge < -0.3 is 19.2 Å². The second kappa shape index (κ2) is 9.78. The van der Waals surface area contributed by atoms with Gasteiger partial charge in [0.2, 0.25) is 0 Å². The van der Waals surface area contributed by atoms with Crippen LogP contribution in [0.15, 0.2) is 40.8 Å². The van der Waals surface area contributed by atoms with E-state index in [1.165, 1.54) is 5.56 Å². The van der Waals surface area contributed by atoms with Crippen LogP contribution in [0, 0.1) is 0 Å². The Morgan fingerprint density at radius 2 is 1.92 bits per heavy atom. The number of carbonyl (C=O) groups is 1. The van der Waals surface area contributed by atoms with E-state index in [4.69, 9.17) is 13.9 Å². The van der Waals surface area contributed by atoms with E-state index < -0.39 is 0 Å². The van der Waals surface area contributed by atoms with E-state index in [9.17, 15) is 4.79 Å². The van der Waals surface area contributed by atoms with Crippen molar-refractivity contribution < 1.29 is 18.7 Å². The number of rotatable bonds is 10. The zero-order valence-electron chi connectivity index (χ0n) is 14.3. The Bertz CT molecular complexity index is 619. The lowest BCUT2D eigenvalue weighted by molar-refractivity contribution is 0.0913. The molecule has 0 radical (unpaired) electrons. The predicted molar refractivity (Wildman–Crippen MR) is 92.3 cm³/mol. The molecule has 0 spiro atoms. The second-order valence-electron chi connectivity index (χ2n) is 5.36. The molecule has 24 heavy (non-hydrogen) atoms. The van der Waals surface area contributed by atoms with Crippen LogP contribution in [0.3, 0.4) is 0 Å². The maximum absolute atomic E-state index is 11.9. The molecule has 1 amide bonds. The first-order valence-corrected chi connectivity index (χ1v) is 8.39. The SMILES string of the molecule is CCOCCCNC(=O)c1ccc(COc2ccc(CC)cc2)o1. The Hall–Kier alpha value is -2.27. The topological polar surface area (TPSA) is 60.7 Å². The molecule has 5 heteroatoms. The number of furan rings is 1. The Morgan fingerprint density at radius 3 is 2.62 bits per heavy atom. The predicted octanol–water partition coefficient (Wildman–Crippen LogP) is 3.58. The van der Waals surface area contributed by atoms with Gasteiger partial charge in [0, 0.05) is 19.8 Å². The summed E-state index contributed by atoms with van der Waals surface area (Å²) in [4.78, 5) is 11.9. The molecule has 1 aromatic heterocycles. The van der Waals surface area contributed by atoms with Gasteiger partial charge in [-0.05, 0) is 49.6 Å². The summed E-state index contributed by atoms with van der Waals surface area (Å²) >= 11 is 0. The van der Waals surface area contributed by atoms with Crippen molar-refractivity contribution in [2.24, 2.45) is 0 Å². The summed E-state index contributed by atoms with van der Waals surface area (Å²) in [5, 5.41) is 2.80. The van der Waals surface area contributed by atoms with Crippen LogP contribution in [0.5, 0.6) is 5.75 Å². The molecule has 1 N–H and O–H groups in total. The van der Waals surface area contributed by atoms with Crippen LogP contribution in [-0.2, 0) is 17.8 Å². The Balaban J connectivity index is 1.76. The van der Waals surface area contributed by atoms with Crippen molar-refractivity contribution in [1.82, 2.24) is 5.32 Å². The van der Waals surface area contributed by atoms with Gasteiger partial charge in [-0.1, -0.05) is 19.1 Å². The molecule has 0 bridgehead atoms. The standard InChI is InChI=1S/C19H25NO4/c1-3-15-6-8-16(9-7-15)23-14-17-10-11-18(24-17)19(21)20-12-5-13-22-4-2/h6-11H,3-5,12-14H2,1-2H3,(H,20,21). The molecule has 0 aliphatic rings. The molecular formula is C19H25NO4. The molecule has 0 fully saturated rings. The summed E-state index contributed by atoms with van der Waals surface area (Å²) in [5.74, 6) is 1.48. The lowest BCUT2D eigenvalue weighted by Gasteiger charge is -2.05. The molecule has 1 aromatic carbocycles. The lowest BCUT2D eigenvalue weighted by Crippen LogP contribution is -2.24. The van der Waals surface area contributed by atoms with Gasteiger partial charge in [0.15, 0.2) is 5.76 Å². The third kappa shape index (κ3) is 5.74. The Morgan fingerprint density at radius 1 is 1.12 bits per heavy atom. The third-order valence-electron chi connectivity index (χ3n) is 3.55. The summed E-state index contributed by atoms with van der Waals surface area (Å²) in [7, 11) is 0. The van der Waals surface area contributed by atoms with Gasteiger partial charge in [0.05, 0.1) is 0 Å². The lowest BCUT2D eigenvalue weighted by atomic mass is 10.2. The van der Waals surface area contributed by atoms with Crippen molar-refractivity contribution in [3.8, 4) is 5.75 Å². The fraction of sp³-hybridized carbons (Fsp3) is 0.421. The molecule has 0 aliphatic heterocycles. The van der Waals surface area contributed by atoms with Crippen molar-refractivity contribution >= 4 is 5.91 Å².